The summed E-state index contributed by atoms with van der Waals surface area (Å²) >= 11 is 5.67. The van der Waals surface area contributed by atoms with Gasteiger partial charge < -0.3 is 10.1 Å². The van der Waals surface area contributed by atoms with Crippen LogP contribution in [0.15, 0.2) is 15.8 Å². The van der Waals surface area contributed by atoms with E-state index in [1.807, 2.05) is 0 Å². The summed E-state index contributed by atoms with van der Waals surface area (Å²) in [5, 5.41) is 3.38. The molecule has 100 valence electrons. The number of hydrogen-bond donors (Lipinski definition) is 2. The van der Waals surface area contributed by atoms with Crippen molar-refractivity contribution in [2.24, 2.45) is 0 Å². The van der Waals surface area contributed by atoms with E-state index in [-0.39, 0.29) is 5.02 Å². The third-order valence-corrected chi connectivity index (χ3v) is 3.24. The molecule has 0 saturated carbocycles. The number of aromatic nitrogens is 2. The first-order chi connectivity index (χ1) is 8.66. The Morgan fingerprint density at radius 1 is 1.44 bits per heavy atom. The Bertz CT molecular complexity index is 505. The zero-order valence-corrected chi connectivity index (χ0v) is 10.7. The van der Waals surface area contributed by atoms with Crippen LogP contribution in [0.25, 0.3) is 0 Å². The fraction of sp³-hybridized carbons (Fsp3) is 0.636. The van der Waals surface area contributed by atoms with E-state index >= 15 is 0 Å². The fourth-order valence-electron chi connectivity index (χ4n) is 1.94. The zero-order chi connectivity index (χ0) is 13.0. The van der Waals surface area contributed by atoms with Gasteiger partial charge in [-0.15, -0.1) is 0 Å². The molecule has 7 heteroatoms. The molecule has 2 rings (SSSR count). The maximum absolute atomic E-state index is 11.5. The summed E-state index contributed by atoms with van der Waals surface area (Å²) in [7, 11) is 0. The van der Waals surface area contributed by atoms with Crippen molar-refractivity contribution in [3.05, 3.63) is 32.1 Å². The monoisotopic (exact) mass is 273 g/mol. The summed E-state index contributed by atoms with van der Waals surface area (Å²) in [6, 6.07) is 0.438. The number of nitrogens with zero attached hydrogens (tertiary/aromatic N) is 1. The number of aromatic amines is 1. The third kappa shape index (κ3) is 3.44. The largest absolute Gasteiger partial charge is 0.381 e. The van der Waals surface area contributed by atoms with Gasteiger partial charge in [-0.1, -0.05) is 11.6 Å². The highest BCUT2D eigenvalue weighted by Gasteiger charge is 2.12. The Labute approximate surface area is 109 Å². The van der Waals surface area contributed by atoms with Crippen molar-refractivity contribution in [3.63, 3.8) is 0 Å². The quantitative estimate of drug-likeness (QED) is 0.807. The second kappa shape index (κ2) is 6.17. The first-order valence-electron chi connectivity index (χ1n) is 5.97. The van der Waals surface area contributed by atoms with Crippen LogP contribution < -0.4 is 16.6 Å². The SMILES string of the molecule is O=c1[nH]c(=O)n(CCNC2CCOCC2)cc1Cl. The van der Waals surface area contributed by atoms with Crippen LogP contribution in [0.1, 0.15) is 12.8 Å². The molecule has 0 aliphatic carbocycles. The van der Waals surface area contributed by atoms with Crippen molar-refractivity contribution in [3.8, 4) is 0 Å². The molecule has 1 aromatic heterocycles. The van der Waals surface area contributed by atoms with E-state index in [0.29, 0.717) is 19.1 Å². The van der Waals surface area contributed by atoms with Crippen LogP contribution in [-0.4, -0.2) is 35.4 Å². The first-order valence-corrected chi connectivity index (χ1v) is 6.35. The second-order valence-electron chi connectivity index (χ2n) is 4.27. The van der Waals surface area contributed by atoms with Gasteiger partial charge in [0.05, 0.1) is 0 Å². The molecule has 2 N–H and O–H groups in total. The number of halogens is 1. The van der Waals surface area contributed by atoms with Gasteiger partial charge >= 0.3 is 5.69 Å². The average molecular weight is 274 g/mol. The molecule has 18 heavy (non-hydrogen) atoms. The summed E-state index contributed by atoms with van der Waals surface area (Å²) in [6.07, 6.45) is 3.34. The number of H-pyrrole nitrogens is 1. The first kappa shape index (κ1) is 13.3. The van der Waals surface area contributed by atoms with Gasteiger partial charge in [0, 0.05) is 38.5 Å². The van der Waals surface area contributed by atoms with Crippen LogP contribution in [0.3, 0.4) is 0 Å². The molecule has 0 aromatic carbocycles. The highest BCUT2D eigenvalue weighted by Crippen LogP contribution is 2.05. The Balaban J connectivity index is 1.88. The molecule has 1 aliphatic heterocycles. The summed E-state index contributed by atoms with van der Waals surface area (Å²) < 4.78 is 6.66. The number of ether oxygens (including phenoxy) is 1. The Hall–Kier alpha value is -1.11. The topological polar surface area (TPSA) is 76.1 Å². The Morgan fingerprint density at radius 2 is 2.17 bits per heavy atom. The highest BCUT2D eigenvalue weighted by atomic mass is 35.5. The van der Waals surface area contributed by atoms with Crippen LogP contribution in [0.2, 0.25) is 5.02 Å². The minimum Gasteiger partial charge on any atom is -0.381 e. The van der Waals surface area contributed by atoms with Crippen molar-refractivity contribution in [1.82, 2.24) is 14.9 Å². The van der Waals surface area contributed by atoms with Crippen LogP contribution >= 0.6 is 11.6 Å². The molecule has 0 spiro atoms. The lowest BCUT2D eigenvalue weighted by atomic mass is 10.1. The molecule has 6 nitrogen and oxygen atoms in total. The molecule has 0 amide bonds. The van der Waals surface area contributed by atoms with Crippen LogP contribution in [0, 0.1) is 0 Å². The summed E-state index contributed by atoms with van der Waals surface area (Å²) in [5.74, 6) is 0. The smallest absolute Gasteiger partial charge is 0.328 e. The van der Waals surface area contributed by atoms with Gasteiger partial charge in [0.25, 0.3) is 5.56 Å². The number of hydrogen-bond acceptors (Lipinski definition) is 4. The Morgan fingerprint density at radius 3 is 2.89 bits per heavy atom. The lowest BCUT2D eigenvalue weighted by Crippen LogP contribution is -2.38. The van der Waals surface area contributed by atoms with Crippen molar-refractivity contribution in [1.29, 1.82) is 0 Å². The second-order valence-corrected chi connectivity index (χ2v) is 4.68. The highest BCUT2D eigenvalue weighted by molar-refractivity contribution is 6.30. The molecule has 0 atom stereocenters. The van der Waals surface area contributed by atoms with E-state index in [4.69, 9.17) is 16.3 Å². The summed E-state index contributed by atoms with van der Waals surface area (Å²) in [5.41, 5.74) is -0.978. The zero-order valence-electron chi connectivity index (χ0n) is 9.95. The van der Waals surface area contributed by atoms with Crippen LogP contribution in [0.5, 0.6) is 0 Å². The fourth-order valence-corrected chi connectivity index (χ4v) is 2.10. The van der Waals surface area contributed by atoms with Gasteiger partial charge in [0.2, 0.25) is 0 Å². The van der Waals surface area contributed by atoms with E-state index in [0.717, 1.165) is 26.1 Å². The third-order valence-electron chi connectivity index (χ3n) is 2.97. The van der Waals surface area contributed by atoms with Crippen molar-refractivity contribution >= 4 is 11.6 Å². The van der Waals surface area contributed by atoms with E-state index in [1.54, 1.807) is 0 Å². The van der Waals surface area contributed by atoms with E-state index in [2.05, 4.69) is 10.3 Å². The minimum absolute atomic E-state index is 0.0284. The molecule has 1 aliphatic rings. The van der Waals surface area contributed by atoms with Crippen LogP contribution in [-0.2, 0) is 11.3 Å². The van der Waals surface area contributed by atoms with Crippen LogP contribution in [0.4, 0.5) is 0 Å². The van der Waals surface area contributed by atoms with E-state index in [1.165, 1.54) is 10.8 Å². The molecular weight excluding hydrogens is 258 g/mol. The molecule has 1 saturated heterocycles. The normalized spacial score (nSPS) is 16.9. The summed E-state index contributed by atoms with van der Waals surface area (Å²) in [4.78, 5) is 24.7. The molecule has 0 bridgehead atoms. The van der Waals surface area contributed by atoms with Gasteiger partial charge in [0.15, 0.2) is 0 Å². The average Bonchev–Trinajstić information content (AvgIpc) is 2.37. The Kier molecular flexibility index (Phi) is 4.57. The van der Waals surface area contributed by atoms with E-state index < -0.39 is 11.2 Å². The van der Waals surface area contributed by atoms with Gasteiger partial charge in [-0.3, -0.25) is 14.3 Å². The summed E-state index contributed by atoms with van der Waals surface area (Å²) in [6.45, 7) is 2.70. The molecule has 1 fully saturated rings. The lowest BCUT2D eigenvalue weighted by Gasteiger charge is -2.23. The van der Waals surface area contributed by atoms with Crippen molar-refractivity contribution in [2.75, 3.05) is 19.8 Å². The number of rotatable bonds is 4. The van der Waals surface area contributed by atoms with E-state index in [9.17, 15) is 9.59 Å². The van der Waals surface area contributed by atoms with Gasteiger partial charge in [-0.2, -0.15) is 0 Å². The molecular formula is C11H16ClN3O3. The standard InChI is InChI=1S/C11H16ClN3O3/c12-9-7-15(11(17)14-10(9)16)4-3-13-8-1-5-18-6-2-8/h7-8,13H,1-6H2,(H,14,16,17). The lowest BCUT2D eigenvalue weighted by molar-refractivity contribution is 0.0778. The predicted molar refractivity (Wildman–Crippen MR) is 68.2 cm³/mol. The minimum atomic E-state index is -0.546. The van der Waals surface area contributed by atoms with Gasteiger partial charge in [-0.25, -0.2) is 4.79 Å². The van der Waals surface area contributed by atoms with Gasteiger partial charge in [0.1, 0.15) is 5.02 Å². The molecule has 1 aromatic rings. The molecule has 0 unspecified atom stereocenters. The molecule has 0 radical (unpaired) electrons. The van der Waals surface area contributed by atoms with Crippen molar-refractivity contribution in [2.45, 2.75) is 25.4 Å². The maximum Gasteiger partial charge on any atom is 0.328 e. The maximum atomic E-state index is 11.5. The van der Waals surface area contributed by atoms with Gasteiger partial charge in [-0.05, 0) is 12.8 Å². The molecule has 2 heterocycles. The number of nitrogens with one attached hydrogen (secondary N) is 2. The predicted octanol–water partition coefficient (Wildman–Crippen LogP) is -0.0414. The van der Waals surface area contributed by atoms with Crippen molar-refractivity contribution < 1.29 is 4.74 Å².